The van der Waals surface area contributed by atoms with E-state index < -0.39 is 0 Å². The molecular formula is C24H30N2O3. The van der Waals surface area contributed by atoms with Crippen LogP contribution in [0.4, 0.5) is 5.69 Å². The quantitative estimate of drug-likeness (QED) is 0.774. The molecule has 5 nitrogen and oxygen atoms in total. The third-order valence-electron chi connectivity index (χ3n) is 5.14. The van der Waals surface area contributed by atoms with Crippen molar-refractivity contribution in [3.05, 3.63) is 59.2 Å². The molecule has 0 aliphatic heterocycles. The van der Waals surface area contributed by atoms with Crippen LogP contribution in [0.25, 0.3) is 0 Å². The summed E-state index contributed by atoms with van der Waals surface area (Å²) in [5.74, 6) is 0.959. The highest BCUT2D eigenvalue weighted by Gasteiger charge is 2.23. The highest BCUT2D eigenvalue weighted by atomic mass is 16.5. The molecule has 2 aromatic rings. The van der Waals surface area contributed by atoms with Gasteiger partial charge in [0.05, 0.1) is 7.11 Å². The summed E-state index contributed by atoms with van der Waals surface area (Å²) in [6.07, 6.45) is 3.57. The molecule has 0 radical (unpaired) electrons. The highest BCUT2D eigenvalue weighted by molar-refractivity contribution is 5.96. The summed E-state index contributed by atoms with van der Waals surface area (Å²) in [4.78, 5) is 24.8. The summed E-state index contributed by atoms with van der Waals surface area (Å²) in [5.41, 5.74) is 3.52. The minimum Gasteiger partial charge on any atom is -0.497 e. The van der Waals surface area contributed by atoms with Crippen LogP contribution in [-0.4, -0.2) is 24.5 Å². The number of nitrogens with one attached hydrogen (secondary N) is 2. The minimum absolute atomic E-state index is 0.00874. The minimum atomic E-state index is -0.287. The SMILES string of the molecule is COc1ccc2c(c1)CCCC2CC(=O)Nc1ccc(C(=O)NC(C)(C)C)cc1. The Morgan fingerprint density at radius 3 is 2.48 bits per heavy atom. The van der Waals surface area contributed by atoms with Gasteiger partial charge in [-0.1, -0.05) is 6.07 Å². The smallest absolute Gasteiger partial charge is 0.251 e. The van der Waals surface area contributed by atoms with E-state index in [-0.39, 0.29) is 23.3 Å². The summed E-state index contributed by atoms with van der Waals surface area (Å²) < 4.78 is 5.32. The number of methoxy groups -OCH3 is 1. The van der Waals surface area contributed by atoms with Crippen molar-refractivity contribution < 1.29 is 14.3 Å². The number of carbonyl (C=O) groups is 2. The fourth-order valence-electron chi connectivity index (χ4n) is 3.78. The van der Waals surface area contributed by atoms with Crippen molar-refractivity contribution >= 4 is 17.5 Å². The summed E-state index contributed by atoms with van der Waals surface area (Å²) in [6, 6.07) is 13.2. The number of fused-ring (bicyclic) bond motifs is 1. The molecule has 3 rings (SSSR count). The van der Waals surface area contributed by atoms with Gasteiger partial charge in [0.25, 0.3) is 5.91 Å². The third kappa shape index (κ3) is 5.59. The van der Waals surface area contributed by atoms with Crippen LogP contribution in [0, 0.1) is 0 Å². The van der Waals surface area contributed by atoms with Gasteiger partial charge in [0.15, 0.2) is 0 Å². The van der Waals surface area contributed by atoms with Crippen LogP contribution in [-0.2, 0) is 11.2 Å². The molecule has 1 atom stereocenters. The highest BCUT2D eigenvalue weighted by Crippen LogP contribution is 2.36. The number of aryl methyl sites for hydroxylation is 1. The zero-order valence-corrected chi connectivity index (χ0v) is 17.7. The number of benzene rings is 2. The Bertz CT molecular complexity index is 882. The number of carbonyl (C=O) groups excluding carboxylic acids is 2. The lowest BCUT2D eigenvalue weighted by Gasteiger charge is -2.25. The average Bonchev–Trinajstić information content (AvgIpc) is 2.67. The number of amides is 2. The van der Waals surface area contributed by atoms with Crippen LogP contribution in [0.2, 0.25) is 0 Å². The van der Waals surface area contributed by atoms with Gasteiger partial charge in [-0.25, -0.2) is 0 Å². The molecule has 2 N–H and O–H groups in total. The van der Waals surface area contributed by atoms with Crippen molar-refractivity contribution in [2.75, 3.05) is 12.4 Å². The van der Waals surface area contributed by atoms with Crippen molar-refractivity contribution in [1.82, 2.24) is 5.32 Å². The lowest BCUT2D eigenvalue weighted by Crippen LogP contribution is -2.40. The molecule has 2 aromatic carbocycles. The second-order valence-corrected chi connectivity index (χ2v) is 8.69. The number of anilines is 1. The monoisotopic (exact) mass is 394 g/mol. The fraction of sp³-hybridized carbons (Fsp3) is 0.417. The van der Waals surface area contributed by atoms with Gasteiger partial charge in [-0.15, -0.1) is 0 Å². The van der Waals surface area contributed by atoms with Gasteiger partial charge in [0, 0.05) is 23.2 Å². The normalized spacial score (nSPS) is 15.9. The van der Waals surface area contributed by atoms with Crippen molar-refractivity contribution in [1.29, 1.82) is 0 Å². The Morgan fingerprint density at radius 1 is 1.10 bits per heavy atom. The van der Waals surface area contributed by atoms with Crippen molar-refractivity contribution in [3.8, 4) is 5.75 Å². The van der Waals surface area contributed by atoms with Gasteiger partial charge in [0.1, 0.15) is 5.75 Å². The molecule has 0 saturated heterocycles. The van der Waals surface area contributed by atoms with Gasteiger partial charge in [-0.3, -0.25) is 9.59 Å². The van der Waals surface area contributed by atoms with Crippen molar-refractivity contribution in [2.45, 2.75) is 57.9 Å². The van der Waals surface area contributed by atoms with Crippen molar-refractivity contribution in [2.24, 2.45) is 0 Å². The lowest BCUT2D eigenvalue weighted by molar-refractivity contribution is -0.116. The molecule has 5 heteroatoms. The number of hydrogen-bond donors (Lipinski definition) is 2. The van der Waals surface area contributed by atoms with Gasteiger partial charge in [0.2, 0.25) is 5.91 Å². The van der Waals surface area contributed by atoms with Gasteiger partial charge in [-0.2, -0.15) is 0 Å². The summed E-state index contributed by atoms with van der Waals surface area (Å²) >= 11 is 0. The van der Waals surface area contributed by atoms with E-state index in [1.54, 1.807) is 31.4 Å². The molecule has 0 saturated carbocycles. The molecule has 0 fully saturated rings. The molecule has 1 aliphatic carbocycles. The molecule has 0 spiro atoms. The maximum absolute atomic E-state index is 12.6. The molecule has 1 unspecified atom stereocenters. The van der Waals surface area contributed by atoms with Crippen LogP contribution in [0.15, 0.2) is 42.5 Å². The first kappa shape index (κ1) is 20.9. The maximum Gasteiger partial charge on any atom is 0.251 e. The molecular weight excluding hydrogens is 364 g/mol. The zero-order valence-electron chi connectivity index (χ0n) is 17.7. The van der Waals surface area contributed by atoms with Crippen molar-refractivity contribution in [3.63, 3.8) is 0 Å². The number of hydrogen-bond acceptors (Lipinski definition) is 3. The van der Waals surface area contributed by atoms with Gasteiger partial charge in [-0.05, 0) is 93.5 Å². The van der Waals surface area contributed by atoms with E-state index in [1.807, 2.05) is 26.8 Å². The van der Waals surface area contributed by atoms with E-state index >= 15 is 0 Å². The van der Waals surface area contributed by atoms with E-state index in [9.17, 15) is 9.59 Å². The molecule has 0 bridgehead atoms. The second-order valence-electron chi connectivity index (χ2n) is 8.69. The Hall–Kier alpha value is -2.82. The zero-order chi connectivity index (χ0) is 21.0. The van der Waals surface area contributed by atoms with E-state index in [0.29, 0.717) is 17.7 Å². The van der Waals surface area contributed by atoms with Crippen LogP contribution < -0.4 is 15.4 Å². The van der Waals surface area contributed by atoms with E-state index in [0.717, 1.165) is 25.0 Å². The van der Waals surface area contributed by atoms with Gasteiger partial charge >= 0.3 is 0 Å². The Labute approximate surface area is 172 Å². The molecule has 29 heavy (non-hydrogen) atoms. The first-order valence-corrected chi connectivity index (χ1v) is 10.1. The lowest BCUT2D eigenvalue weighted by atomic mass is 9.81. The Balaban J connectivity index is 1.61. The van der Waals surface area contributed by atoms with Crippen LogP contribution in [0.5, 0.6) is 5.75 Å². The van der Waals surface area contributed by atoms with E-state index in [2.05, 4.69) is 22.8 Å². The van der Waals surface area contributed by atoms with Crippen LogP contribution >= 0.6 is 0 Å². The topological polar surface area (TPSA) is 67.4 Å². The summed E-state index contributed by atoms with van der Waals surface area (Å²) in [6.45, 7) is 5.83. The predicted molar refractivity (Wildman–Crippen MR) is 116 cm³/mol. The van der Waals surface area contributed by atoms with E-state index in [4.69, 9.17) is 4.74 Å². The molecule has 1 aliphatic rings. The molecule has 154 valence electrons. The summed E-state index contributed by atoms with van der Waals surface area (Å²) in [5, 5.41) is 5.89. The standard InChI is InChI=1S/C24H30N2O3/c1-24(2,3)26-23(28)16-8-10-19(11-9-16)25-22(27)15-18-7-5-6-17-14-20(29-4)12-13-21(17)18/h8-14,18H,5-7,15H2,1-4H3,(H,25,27)(H,26,28). The number of rotatable bonds is 5. The Kier molecular flexibility index (Phi) is 6.26. The van der Waals surface area contributed by atoms with E-state index in [1.165, 1.54) is 11.1 Å². The third-order valence-corrected chi connectivity index (χ3v) is 5.14. The molecule has 0 aromatic heterocycles. The predicted octanol–water partition coefficient (Wildman–Crippen LogP) is 4.67. The first-order chi connectivity index (χ1) is 13.7. The largest absolute Gasteiger partial charge is 0.497 e. The number of ether oxygens (including phenoxy) is 1. The first-order valence-electron chi connectivity index (χ1n) is 10.1. The van der Waals surface area contributed by atoms with Gasteiger partial charge < -0.3 is 15.4 Å². The van der Waals surface area contributed by atoms with Crippen LogP contribution in [0.1, 0.15) is 67.4 Å². The average molecular weight is 395 g/mol. The van der Waals surface area contributed by atoms with Crippen LogP contribution in [0.3, 0.4) is 0 Å². The molecule has 0 heterocycles. The maximum atomic E-state index is 12.6. The molecule has 2 amide bonds. The summed E-state index contributed by atoms with van der Waals surface area (Å²) in [7, 11) is 1.67. The Morgan fingerprint density at radius 2 is 1.83 bits per heavy atom. The fourth-order valence-corrected chi connectivity index (χ4v) is 3.78. The second kappa shape index (κ2) is 8.68.